The van der Waals surface area contributed by atoms with Crippen molar-refractivity contribution in [2.45, 2.75) is 33.6 Å². The number of carbonyl (C=O) groups excluding carboxylic acids is 2. The Labute approximate surface area is 141 Å². The number of carbonyl (C=O) groups is 2. The van der Waals surface area contributed by atoms with Crippen LogP contribution in [-0.2, 0) is 14.3 Å². The Balaban J connectivity index is 2.69. The normalized spacial score (nSPS) is 17.9. The first-order valence-corrected chi connectivity index (χ1v) is 7.87. The van der Waals surface area contributed by atoms with Gasteiger partial charge in [0.2, 0.25) is 0 Å². The van der Waals surface area contributed by atoms with Gasteiger partial charge in [-0.05, 0) is 39.3 Å². The fourth-order valence-electron chi connectivity index (χ4n) is 2.96. The lowest BCUT2D eigenvalue weighted by molar-refractivity contribution is -0.138. The molecule has 1 heterocycles. The molecule has 0 bridgehead atoms. The first-order chi connectivity index (χ1) is 10.9. The Morgan fingerprint density at radius 1 is 1.17 bits per heavy atom. The molecule has 1 aliphatic heterocycles. The van der Waals surface area contributed by atoms with E-state index >= 15 is 0 Å². The summed E-state index contributed by atoms with van der Waals surface area (Å²) in [7, 11) is 0. The number of esters is 1. The van der Waals surface area contributed by atoms with Gasteiger partial charge in [0.25, 0.3) is 0 Å². The zero-order valence-corrected chi connectivity index (χ0v) is 14.5. The summed E-state index contributed by atoms with van der Waals surface area (Å²) in [5.41, 5.74) is 3.09. The summed E-state index contributed by atoms with van der Waals surface area (Å²) in [6, 6.07) is 7.25. The van der Waals surface area contributed by atoms with Crippen LogP contribution in [0.5, 0.6) is 0 Å². The first-order valence-electron chi connectivity index (χ1n) is 7.49. The number of hydrogen-bond acceptors (Lipinski definition) is 4. The lowest BCUT2D eigenvalue weighted by Crippen LogP contribution is -2.31. The molecule has 0 saturated heterocycles. The smallest absolute Gasteiger partial charge is 0.336 e. The van der Waals surface area contributed by atoms with Crippen LogP contribution in [0.2, 0.25) is 5.02 Å². The van der Waals surface area contributed by atoms with E-state index < -0.39 is 11.9 Å². The average Bonchev–Trinajstić information content (AvgIpc) is 2.46. The molecule has 0 aromatic heterocycles. The fraction of sp³-hybridized carbons (Fsp3) is 0.333. The highest BCUT2D eigenvalue weighted by Crippen LogP contribution is 2.41. The molecule has 0 aliphatic carbocycles. The van der Waals surface area contributed by atoms with Crippen molar-refractivity contribution in [3.05, 3.63) is 57.4 Å². The second-order valence-corrected chi connectivity index (χ2v) is 5.84. The maximum atomic E-state index is 12.5. The number of dihydropyridines is 1. The van der Waals surface area contributed by atoms with Crippen molar-refractivity contribution >= 4 is 23.4 Å². The highest BCUT2D eigenvalue weighted by atomic mass is 35.5. The Morgan fingerprint density at radius 2 is 1.78 bits per heavy atom. The molecular formula is C18H20ClNO3. The number of Topliss-reactive ketones (excluding diaryl/α,β-unsaturated/α-hetero) is 1. The molecule has 1 unspecified atom stereocenters. The van der Waals surface area contributed by atoms with Crippen LogP contribution in [0, 0.1) is 0 Å². The molecule has 1 atom stereocenters. The summed E-state index contributed by atoms with van der Waals surface area (Å²) in [6.07, 6.45) is 0. The minimum atomic E-state index is -0.526. The van der Waals surface area contributed by atoms with Crippen molar-refractivity contribution in [3.63, 3.8) is 0 Å². The molecule has 0 fully saturated rings. The van der Waals surface area contributed by atoms with Crippen LogP contribution in [0.15, 0.2) is 46.8 Å². The molecule has 1 aromatic rings. The molecule has 122 valence electrons. The van der Waals surface area contributed by atoms with Gasteiger partial charge in [-0.1, -0.05) is 29.8 Å². The van der Waals surface area contributed by atoms with Crippen molar-refractivity contribution in [3.8, 4) is 0 Å². The van der Waals surface area contributed by atoms with Crippen LogP contribution < -0.4 is 5.32 Å². The molecule has 1 aromatic carbocycles. The third kappa shape index (κ3) is 3.32. The van der Waals surface area contributed by atoms with Crippen LogP contribution in [-0.4, -0.2) is 18.4 Å². The van der Waals surface area contributed by atoms with Gasteiger partial charge in [0, 0.05) is 27.9 Å². The third-order valence-corrected chi connectivity index (χ3v) is 4.20. The second kappa shape index (κ2) is 7.01. The lowest BCUT2D eigenvalue weighted by Gasteiger charge is -2.30. The van der Waals surface area contributed by atoms with Crippen LogP contribution >= 0.6 is 11.6 Å². The number of rotatable bonds is 4. The zero-order valence-electron chi connectivity index (χ0n) is 13.7. The van der Waals surface area contributed by atoms with Gasteiger partial charge in [-0.3, -0.25) is 4.79 Å². The number of nitrogens with one attached hydrogen (secondary N) is 1. The van der Waals surface area contributed by atoms with Gasteiger partial charge in [-0.15, -0.1) is 0 Å². The van der Waals surface area contributed by atoms with Gasteiger partial charge in [0.05, 0.1) is 12.2 Å². The van der Waals surface area contributed by atoms with Crippen molar-refractivity contribution in [2.24, 2.45) is 0 Å². The van der Waals surface area contributed by atoms with E-state index in [0.717, 1.165) is 11.3 Å². The van der Waals surface area contributed by atoms with Crippen LogP contribution in [0.25, 0.3) is 0 Å². The quantitative estimate of drug-likeness (QED) is 0.853. The fourth-order valence-corrected chi connectivity index (χ4v) is 3.21. The molecule has 0 saturated carbocycles. The minimum Gasteiger partial charge on any atom is -0.463 e. The number of halogens is 1. The molecule has 1 N–H and O–H groups in total. The molecule has 2 rings (SSSR count). The van der Waals surface area contributed by atoms with Crippen molar-refractivity contribution in [1.82, 2.24) is 5.32 Å². The number of hydrogen-bond donors (Lipinski definition) is 1. The van der Waals surface area contributed by atoms with Gasteiger partial charge >= 0.3 is 5.97 Å². The minimum absolute atomic E-state index is 0.103. The Hall–Kier alpha value is -2.07. The molecule has 0 spiro atoms. The second-order valence-electron chi connectivity index (χ2n) is 5.43. The topological polar surface area (TPSA) is 55.4 Å². The van der Waals surface area contributed by atoms with E-state index in [1.165, 1.54) is 6.92 Å². The Bertz CT molecular complexity index is 719. The van der Waals surface area contributed by atoms with E-state index in [1.54, 1.807) is 19.9 Å². The summed E-state index contributed by atoms with van der Waals surface area (Å²) in [4.78, 5) is 24.7. The maximum absolute atomic E-state index is 12.5. The Kier molecular flexibility index (Phi) is 5.26. The van der Waals surface area contributed by atoms with E-state index in [1.807, 2.05) is 25.1 Å². The largest absolute Gasteiger partial charge is 0.463 e. The molecule has 0 amide bonds. The zero-order chi connectivity index (χ0) is 17.1. The summed E-state index contributed by atoms with van der Waals surface area (Å²) in [5, 5.41) is 3.63. The standard InChI is InChI=1S/C18H20ClNO3/c1-5-23-18(22)16-11(3)20-10(2)15(12(4)21)17(16)13-8-6-7-9-14(13)19/h6-9,17,20H,5H2,1-4H3. The molecule has 5 heteroatoms. The molecule has 1 aliphatic rings. The van der Waals surface area contributed by atoms with E-state index in [-0.39, 0.29) is 12.4 Å². The van der Waals surface area contributed by atoms with Gasteiger partial charge < -0.3 is 10.1 Å². The molecular weight excluding hydrogens is 314 g/mol. The highest BCUT2D eigenvalue weighted by molar-refractivity contribution is 6.31. The molecule has 0 radical (unpaired) electrons. The number of benzene rings is 1. The average molecular weight is 334 g/mol. The SMILES string of the molecule is CCOC(=O)C1=C(C)NC(C)=C(C(C)=O)C1c1ccccc1Cl. The lowest BCUT2D eigenvalue weighted by atomic mass is 9.79. The third-order valence-electron chi connectivity index (χ3n) is 3.85. The monoisotopic (exact) mass is 333 g/mol. The summed E-state index contributed by atoms with van der Waals surface area (Å²) >= 11 is 6.34. The van der Waals surface area contributed by atoms with E-state index in [9.17, 15) is 9.59 Å². The summed E-state index contributed by atoms with van der Waals surface area (Å²) < 4.78 is 5.19. The van der Waals surface area contributed by atoms with E-state index in [2.05, 4.69) is 5.32 Å². The van der Waals surface area contributed by atoms with Crippen molar-refractivity contribution in [2.75, 3.05) is 6.61 Å². The number of allylic oxidation sites excluding steroid dienone is 3. The number of ketones is 1. The molecule has 4 nitrogen and oxygen atoms in total. The number of ether oxygens (including phenoxy) is 1. The van der Waals surface area contributed by atoms with E-state index in [0.29, 0.717) is 21.9 Å². The predicted molar refractivity (Wildman–Crippen MR) is 90.0 cm³/mol. The van der Waals surface area contributed by atoms with Gasteiger partial charge in [-0.2, -0.15) is 0 Å². The summed E-state index contributed by atoms with van der Waals surface area (Å²) in [5.74, 6) is -1.07. The highest BCUT2D eigenvalue weighted by Gasteiger charge is 2.36. The predicted octanol–water partition coefficient (Wildman–Crippen LogP) is 3.73. The van der Waals surface area contributed by atoms with E-state index in [4.69, 9.17) is 16.3 Å². The van der Waals surface area contributed by atoms with Gasteiger partial charge in [0.15, 0.2) is 5.78 Å². The maximum Gasteiger partial charge on any atom is 0.336 e. The van der Waals surface area contributed by atoms with Crippen molar-refractivity contribution in [1.29, 1.82) is 0 Å². The van der Waals surface area contributed by atoms with Crippen LogP contribution in [0.4, 0.5) is 0 Å². The van der Waals surface area contributed by atoms with Crippen molar-refractivity contribution < 1.29 is 14.3 Å². The van der Waals surface area contributed by atoms with Crippen LogP contribution in [0.1, 0.15) is 39.2 Å². The first kappa shape index (κ1) is 17.3. The summed E-state index contributed by atoms with van der Waals surface area (Å²) in [6.45, 7) is 7.14. The van der Waals surface area contributed by atoms with Gasteiger partial charge in [-0.25, -0.2) is 4.79 Å². The van der Waals surface area contributed by atoms with Gasteiger partial charge in [0.1, 0.15) is 0 Å². The van der Waals surface area contributed by atoms with Crippen LogP contribution in [0.3, 0.4) is 0 Å². The molecule has 23 heavy (non-hydrogen) atoms. The Morgan fingerprint density at radius 3 is 2.35 bits per heavy atom.